The van der Waals surface area contributed by atoms with E-state index in [0.717, 1.165) is 42.9 Å². The van der Waals surface area contributed by atoms with Crippen LogP contribution in [0.15, 0.2) is 24.5 Å². The van der Waals surface area contributed by atoms with E-state index in [9.17, 15) is 0 Å². The molecule has 3 rings (SSSR count). The number of aryl methyl sites for hydroxylation is 1. The summed E-state index contributed by atoms with van der Waals surface area (Å²) in [5.41, 5.74) is 1.28. The maximum absolute atomic E-state index is 4.21. The van der Waals surface area contributed by atoms with Crippen LogP contribution in [-0.4, -0.2) is 46.3 Å². The topological polar surface area (TPSA) is 45.2 Å². The molecule has 2 aromatic heterocycles. The molecule has 0 bridgehead atoms. The minimum absolute atomic E-state index is 0.983. The van der Waals surface area contributed by atoms with Gasteiger partial charge in [0.15, 0.2) is 0 Å². The first-order chi connectivity index (χ1) is 9.31. The Morgan fingerprint density at radius 1 is 1.21 bits per heavy atom. The first-order valence-electron chi connectivity index (χ1n) is 6.47. The van der Waals surface area contributed by atoms with Gasteiger partial charge in [0.2, 0.25) is 5.13 Å². The van der Waals surface area contributed by atoms with Crippen molar-refractivity contribution in [1.82, 2.24) is 20.1 Å². The molecule has 0 radical (unpaired) electrons. The molecular formula is C13H17N5S. The first-order valence-corrected chi connectivity index (χ1v) is 7.29. The Labute approximate surface area is 116 Å². The van der Waals surface area contributed by atoms with Gasteiger partial charge in [-0.2, -0.15) is 0 Å². The summed E-state index contributed by atoms with van der Waals surface area (Å²) in [7, 11) is 0. The van der Waals surface area contributed by atoms with Gasteiger partial charge in [0.25, 0.3) is 0 Å². The fraction of sp³-hybridized carbons (Fsp3) is 0.462. The van der Waals surface area contributed by atoms with Gasteiger partial charge in [-0.05, 0) is 18.6 Å². The van der Waals surface area contributed by atoms with Gasteiger partial charge < -0.3 is 4.90 Å². The fourth-order valence-electron chi connectivity index (χ4n) is 2.26. The standard InChI is InChI=1S/C13H17N5S/c1-11-15-16-13(19-11)18-7-5-17(6-8-18)10-12-3-2-4-14-9-12/h2-4,9H,5-8,10H2,1H3. The van der Waals surface area contributed by atoms with Crippen LogP contribution in [0.5, 0.6) is 0 Å². The van der Waals surface area contributed by atoms with Crippen LogP contribution in [0.2, 0.25) is 0 Å². The molecule has 0 aromatic carbocycles. The van der Waals surface area contributed by atoms with Crippen molar-refractivity contribution in [3.05, 3.63) is 35.1 Å². The SMILES string of the molecule is Cc1nnc(N2CCN(Cc3cccnc3)CC2)s1. The lowest BCUT2D eigenvalue weighted by Crippen LogP contribution is -2.45. The average Bonchev–Trinajstić information content (AvgIpc) is 2.87. The molecule has 1 aliphatic heterocycles. The van der Waals surface area contributed by atoms with Crippen molar-refractivity contribution in [3.8, 4) is 0 Å². The maximum atomic E-state index is 4.21. The molecule has 6 heteroatoms. The normalized spacial score (nSPS) is 16.8. The van der Waals surface area contributed by atoms with E-state index in [2.05, 4.69) is 31.0 Å². The highest BCUT2D eigenvalue weighted by Crippen LogP contribution is 2.21. The molecule has 0 unspecified atom stereocenters. The summed E-state index contributed by atoms with van der Waals surface area (Å²) in [6.45, 7) is 7.15. The van der Waals surface area contributed by atoms with E-state index in [-0.39, 0.29) is 0 Å². The van der Waals surface area contributed by atoms with Crippen LogP contribution < -0.4 is 4.90 Å². The van der Waals surface area contributed by atoms with E-state index in [1.165, 1.54) is 5.56 Å². The van der Waals surface area contributed by atoms with Crippen molar-refractivity contribution in [2.75, 3.05) is 31.1 Å². The van der Waals surface area contributed by atoms with E-state index in [1.807, 2.05) is 25.4 Å². The number of piperazine rings is 1. The quantitative estimate of drug-likeness (QED) is 0.850. The van der Waals surface area contributed by atoms with Crippen LogP contribution in [0.1, 0.15) is 10.6 Å². The average molecular weight is 275 g/mol. The molecule has 1 aliphatic rings. The monoisotopic (exact) mass is 275 g/mol. The summed E-state index contributed by atoms with van der Waals surface area (Å²) in [6.07, 6.45) is 3.76. The number of nitrogens with zero attached hydrogens (tertiary/aromatic N) is 5. The van der Waals surface area contributed by atoms with Gasteiger partial charge in [0.05, 0.1) is 0 Å². The van der Waals surface area contributed by atoms with Gasteiger partial charge in [-0.1, -0.05) is 17.4 Å². The Morgan fingerprint density at radius 2 is 2.05 bits per heavy atom. The highest BCUT2D eigenvalue weighted by molar-refractivity contribution is 7.15. The van der Waals surface area contributed by atoms with Gasteiger partial charge in [-0.3, -0.25) is 9.88 Å². The number of rotatable bonds is 3. The van der Waals surface area contributed by atoms with Crippen LogP contribution in [0.3, 0.4) is 0 Å². The van der Waals surface area contributed by atoms with Gasteiger partial charge in [0.1, 0.15) is 5.01 Å². The summed E-state index contributed by atoms with van der Waals surface area (Å²) in [4.78, 5) is 8.95. The second-order valence-corrected chi connectivity index (χ2v) is 5.89. The van der Waals surface area contributed by atoms with Crippen LogP contribution in [0.25, 0.3) is 0 Å². The summed E-state index contributed by atoms with van der Waals surface area (Å²) >= 11 is 1.67. The molecule has 1 fully saturated rings. The fourth-order valence-corrected chi connectivity index (χ4v) is 3.00. The molecule has 2 aromatic rings. The zero-order valence-corrected chi connectivity index (χ0v) is 11.8. The van der Waals surface area contributed by atoms with Crippen LogP contribution >= 0.6 is 11.3 Å². The van der Waals surface area contributed by atoms with Crippen molar-refractivity contribution < 1.29 is 0 Å². The highest BCUT2D eigenvalue weighted by Gasteiger charge is 2.19. The molecule has 3 heterocycles. The number of pyridine rings is 1. The van der Waals surface area contributed by atoms with Gasteiger partial charge in [-0.15, -0.1) is 10.2 Å². The number of anilines is 1. The molecular weight excluding hydrogens is 258 g/mol. The predicted molar refractivity (Wildman–Crippen MR) is 76.4 cm³/mol. The minimum atomic E-state index is 0.983. The smallest absolute Gasteiger partial charge is 0.208 e. The maximum Gasteiger partial charge on any atom is 0.208 e. The second kappa shape index (κ2) is 5.63. The Morgan fingerprint density at radius 3 is 2.68 bits per heavy atom. The van der Waals surface area contributed by atoms with Gasteiger partial charge >= 0.3 is 0 Å². The summed E-state index contributed by atoms with van der Waals surface area (Å²) in [5.74, 6) is 0. The number of hydrogen-bond donors (Lipinski definition) is 0. The summed E-state index contributed by atoms with van der Waals surface area (Å²) in [6, 6.07) is 4.13. The Balaban J connectivity index is 1.55. The molecule has 0 spiro atoms. The van der Waals surface area contributed by atoms with E-state index in [0.29, 0.717) is 0 Å². The third kappa shape index (κ3) is 3.08. The van der Waals surface area contributed by atoms with Crippen LogP contribution in [-0.2, 0) is 6.54 Å². The number of hydrogen-bond acceptors (Lipinski definition) is 6. The largest absolute Gasteiger partial charge is 0.344 e. The third-order valence-corrected chi connectivity index (χ3v) is 4.19. The lowest BCUT2D eigenvalue weighted by atomic mass is 10.2. The molecule has 0 N–H and O–H groups in total. The molecule has 5 nitrogen and oxygen atoms in total. The van der Waals surface area contributed by atoms with Crippen LogP contribution in [0.4, 0.5) is 5.13 Å². The Bertz CT molecular complexity index is 519. The van der Waals surface area contributed by atoms with Crippen LogP contribution in [0, 0.1) is 6.92 Å². The lowest BCUT2D eigenvalue weighted by Gasteiger charge is -2.34. The first kappa shape index (κ1) is 12.5. The minimum Gasteiger partial charge on any atom is -0.344 e. The lowest BCUT2D eigenvalue weighted by molar-refractivity contribution is 0.249. The summed E-state index contributed by atoms with van der Waals surface area (Å²) in [5, 5.41) is 10.4. The zero-order valence-electron chi connectivity index (χ0n) is 11.0. The second-order valence-electron chi connectivity index (χ2n) is 4.73. The molecule has 0 amide bonds. The van der Waals surface area contributed by atoms with Gasteiger partial charge in [0, 0.05) is 45.1 Å². The van der Waals surface area contributed by atoms with Gasteiger partial charge in [-0.25, -0.2) is 0 Å². The van der Waals surface area contributed by atoms with E-state index in [4.69, 9.17) is 0 Å². The Hall–Kier alpha value is -1.53. The molecule has 19 heavy (non-hydrogen) atoms. The number of aromatic nitrogens is 3. The zero-order chi connectivity index (χ0) is 13.1. The highest BCUT2D eigenvalue weighted by atomic mass is 32.1. The Kier molecular flexibility index (Phi) is 3.70. The molecule has 1 saturated heterocycles. The third-order valence-electron chi connectivity index (χ3n) is 3.29. The van der Waals surface area contributed by atoms with Crippen molar-refractivity contribution >= 4 is 16.5 Å². The molecule has 0 atom stereocenters. The molecule has 0 saturated carbocycles. The van der Waals surface area contributed by atoms with E-state index < -0.39 is 0 Å². The molecule has 0 aliphatic carbocycles. The predicted octanol–water partition coefficient (Wildman–Crippen LogP) is 1.56. The van der Waals surface area contributed by atoms with Crippen molar-refractivity contribution in [2.45, 2.75) is 13.5 Å². The summed E-state index contributed by atoms with van der Waals surface area (Å²) < 4.78 is 0. The van der Waals surface area contributed by atoms with Crippen molar-refractivity contribution in [3.63, 3.8) is 0 Å². The molecule has 100 valence electrons. The van der Waals surface area contributed by atoms with Crippen molar-refractivity contribution in [2.24, 2.45) is 0 Å². The van der Waals surface area contributed by atoms with E-state index >= 15 is 0 Å². The van der Waals surface area contributed by atoms with Crippen molar-refractivity contribution in [1.29, 1.82) is 0 Å². The van der Waals surface area contributed by atoms with E-state index in [1.54, 1.807) is 11.3 Å².